The van der Waals surface area contributed by atoms with Crippen molar-refractivity contribution in [1.29, 1.82) is 0 Å². The van der Waals surface area contributed by atoms with Crippen molar-refractivity contribution in [3.8, 4) is 22.8 Å². The molecule has 1 amide bonds. The molecular formula is C22H24N4O2. The van der Waals surface area contributed by atoms with Crippen LogP contribution in [0.3, 0.4) is 0 Å². The Morgan fingerprint density at radius 3 is 2.61 bits per heavy atom. The van der Waals surface area contributed by atoms with Crippen LogP contribution in [0.2, 0.25) is 0 Å². The van der Waals surface area contributed by atoms with Crippen molar-refractivity contribution in [2.45, 2.75) is 18.9 Å². The zero-order chi connectivity index (χ0) is 19.4. The van der Waals surface area contributed by atoms with Gasteiger partial charge in [-0.2, -0.15) is 5.10 Å². The Morgan fingerprint density at radius 1 is 1.18 bits per heavy atom. The van der Waals surface area contributed by atoms with Gasteiger partial charge in [-0.3, -0.25) is 9.89 Å². The molecule has 0 bridgehead atoms. The number of H-pyrrole nitrogens is 1. The zero-order valence-electron chi connectivity index (χ0n) is 15.8. The molecule has 2 aliphatic rings. The van der Waals surface area contributed by atoms with E-state index in [0.717, 1.165) is 53.9 Å². The van der Waals surface area contributed by atoms with Crippen molar-refractivity contribution < 1.29 is 9.53 Å². The van der Waals surface area contributed by atoms with Crippen LogP contribution in [-0.4, -0.2) is 35.2 Å². The molecule has 144 valence electrons. The molecule has 2 fully saturated rings. The van der Waals surface area contributed by atoms with E-state index in [1.165, 1.54) is 6.42 Å². The maximum absolute atomic E-state index is 10.1. The molecule has 3 aromatic rings. The normalized spacial score (nSPS) is 21.8. The minimum Gasteiger partial charge on any atom is -0.457 e. The Labute approximate surface area is 164 Å². The molecule has 0 radical (unpaired) electrons. The van der Waals surface area contributed by atoms with Gasteiger partial charge in [-0.05, 0) is 49.6 Å². The second-order valence-corrected chi connectivity index (χ2v) is 7.30. The fraction of sp³-hybridized carbons (Fsp3) is 0.273. The number of ether oxygens (including phenoxy) is 1. The zero-order valence-corrected chi connectivity index (χ0v) is 15.8. The number of hydrogen-bond acceptors (Lipinski definition) is 4. The predicted octanol–water partition coefficient (Wildman–Crippen LogP) is 3.27. The van der Waals surface area contributed by atoms with E-state index in [0.29, 0.717) is 0 Å². The molecule has 3 N–H and O–H groups in total. The van der Waals surface area contributed by atoms with Crippen LogP contribution < -0.4 is 15.4 Å². The van der Waals surface area contributed by atoms with Crippen molar-refractivity contribution in [2.75, 3.05) is 13.1 Å². The minimum absolute atomic E-state index is 0.182. The summed E-state index contributed by atoms with van der Waals surface area (Å²) in [4.78, 5) is 10.1. The maximum Gasteiger partial charge on any atom is 0.207 e. The van der Waals surface area contributed by atoms with Gasteiger partial charge in [-0.15, -0.1) is 0 Å². The first kappa shape index (κ1) is 18.3. The maximum atomic E-state index is 10.1. The summed E-state index contributed by atoms with van der Waals surface area (Å²) in [5.41, 5.74) is 3.09. The first-order valence-electron chi connectivity index (χ1n) is 9.46. The third-order valence-corrected chi connectivity index (χ3v) is 5.25. The van der Waals surface area contributed by atoms with Crippen LogP contribution in [0.25, 0.3) is 11.3 Å². The van der Waals surface area contributed by atoms with E-state index in [2.05, 4.69) is 20.8 Å². The summed E-state index contributed by atoms with van der Waals surface area (Å²) in [5.74, 6) is 2.35. The van der Waals surface area contributed by atoms with E-state index in [4.69, 9.17) is 4.74 Å². The third-order valence-electron chi connectivity index (χ3n) is 5.25. The van der Waals surface area contributed by atoms with E-state index in [1.807, 2.05) is 67.6 Å². The van der Waals surface area contributed by atoms with Gasteiger partial charge in [0.25, 0.3) is 0 Å². The number of nitrogens with zero attached hydrogens (tertiary/aromatic N) is 1. The molecule has 2 unspecified atom stereocenters. The summed E-state index contributed by atoms with van der Waals surface area (Å²) in [6.07, 6.45) is 1.99. The van der Waals surface area contributed by atoms with Crippen LogP contribution in [0, 0.1) is 12.8 Å². The van der Waals surface area contributed by atoms with Crippen LogP contribution in [0.5, 0.6) is 11.5 Å². The van der Waals surface area contributed by atoms with Crippen LogP contribution >= 0.6 is 0 Å². The number of hydrogen-bond donors (Lipinski definition) is 3. The van der Waals surface area contributed by atoms with Crippen molar-refractivity contribution >= 4 is 6.41 Å². The van der Waals surface area contributed by atoms with Gasteiger partial charge in [0, 0.05) is 24.3 Å². The monoisotopic (exact) mass is 376 g/mol. The summed E-state index contributed by atoms with van der Waals surface area (Å²) in [6, 6.07) is 19.7. The molecule has 6 nitrogen and oxygen atoms in total. The summed E-state index contributed by atoms with van der Waals surface area (Å²) in [7, 11) is 0. The SMILES string of the molecule is Cc1cc(-c2ccccc2Oc2ccccc2)n[nH]1.O=CNC12CNCC1C2. The Hall–Kier alpha value is -3.12. The summed E-state index contributed by atoms with van der Waals surface area (Å²) in [5, 5.41) is 13.3. The van der Waals surface area contributed by atoms with Crippen molar-refractivity contribution in [1.82, 2.24) is 20.8 Å². The Bertz CT molecular complexity index is 940. The van der Waals surface area contributed by atoms with Gasteiger partial charge in [0.1, 0.15) is 11.5 Å². The van der Waals surface area contributed by atoms with Gasteiger partial charge in [0.05, 0.1) is 11.2 Å². The lowest BCUT2D eigenvalue weighted by molar-refractivity contribution is -0.110. The van der Waals surface area contributed by atoms with Gasteiger partial charge in [0.15, 0.2) is 0 Å². The molecule has 6 heteroatoms. The second kappa shape index (κ2) is 7.86. The molecule has 2 atom stereocenters. The van der Waals surface area contributed by atoms with Crippen LogP contribution in [0.15, 0.2) is 60.7 Å². The van der Waals surface area contributed by atoms with E-state index >= 15 is 0 Å². The lowest BCUT2D eigenvalue weighted by atomic mass is 10.1. The highest BCUT2D eigenvalue weighted by atomic mass is 16.5. The number of benzene rings is 2. The molecule has 0 spiro atoms. The number of carbonyl (C=O) groups is 1. The lowest BCUT2D eigenvalue weighted by Gasteiger charge is -2.09. The molecule has 1 aromatic heterocycles. The first-order chi connectivity index (χ1) is 13.7. The van der Waals surface area contributed by atoms with Crippen LogP contribution in [0.4, 0.5) is 0 Å². The fourth-order valence-corrected chi connectivity index (χ4v) is 3.62. The van der Waals surface area contributed by atoms with E-state index in [9.17, 15) is 4.79 Å². The third kappa shape index (κ3) is 3.92. The average Bonchev–Trinajstić information content (AvgIpc) is 3.02. The second-order valence-electron chi connectivity index (χ2n) is 7.30. The molecule has 5 rings (SSSR count). The quantitative estimate of drug-likeness (QED) is 0.597. The van der Waals surface area contributed by atoms with E-state index in [-0.39, 0.29) is 5.54 Å². The van der Waals surface area contributed by atoms with Gasteiger partial charge in [-0.1, -0.05) is 30.3 Å². The van der Waals surface area contributed by atoms with Crippen molar-refractivity contribution in [2.24, 2.45) is 5.92 Å². The number of aromatic amines is 1. The molecule has 1 saturated carbocycles. The molecule has 1 saturated heterocycles. The molecule has 1 aliphatic heterocycles. The van der Waals surface area contributed by atoms with Crippen LogP contribution in [-0.2, 0) is 4.79 Å². The van der Waals surface area contributed by atoms with Gasteiger partial charge in [0.2, 0.25) is 6.41 Å². The number of aromatic nitrogens is 2. The van der Waals surface area contributed by atoms with Crippen molar-refractivity contribution in [3.63, 3.8) is 0 Å². The van der Waals surface area contributed by atoms with Gasteiger partial charge in [-0.25, -0.2) is 0 Å². The summed E-state index contributed by atoms with van der Waals surface area (Å²) in [6.45, 7) is 4.04. The van der Waals surface area contributed by atoms with Crippen molar-refractivity contribution in [3.05, 3.63) is 66.4 Å². The Morgan fingerprint density at radius 2 is 1.96 bits per heavy atom. The molecule has 2 aromatic carbocycles. The van der Waals surface area contributed by atoms with Gasteiger partial charge >= 0.3 is 0 Å². The average molecular weight is 376 g/mol. The topological polar surface area (TPSA) is 79.0 Å². The number of fused-ring (bicyclic) bond motifs is 1. The molecular weight excluding hydrogens is 352 g/mol. The number of rotatable bonds is 5. The number of carbonyl (C=O) groups excluding carboxylic acids is 1. The van der Waals surface area contributed by atoms with Crippen LogP contribution in [0.1, 0.15) is 12.1 Å². The lowest BCUT2D eigenvalue weighted by Crippen LogP contribution is -2.35. The number of amides is 1. The summed E-state index contributed by atoms with van der Waals surface area (Å²) >= 11 is 0. The standard InChI is InChI=1S/C16H14N2O.C6H10N2O/c1-12-11-15(18-17-12)14-9-5-6-10-16(14)19-13-7-3-2-4-8-13;9-4-8-6-1-5(6)2-7-3-6/h2-11H,1H3,(H,17,18);4-5,7H,1-3H2,(H,8,9). The highest BCUT2D eigenvalue weighted by Gasteiger charge is 2.57. The smallest absolute Gasteiger partial charge is 0.207 e. The number of nitrogens with one attached hydrogen (secondary N) is 3. The predicted molar refractivity (Wildman–Crippen MR) is 108 cm³/mol. The number of para-hydroxylation sites is 2. The molecule has 1 aliphatic carbocycles. The largest absolute Gasteiger partial charge is 0.457 e. The van der Waals surface area contributed by atoms with E-state index < -0.39 is 0 Å². The number of piperidine rings is 1. The highest BCUT2D eigenvalue weighted by molar-refractivity contribution is 5.67. The molecule has 2 heterocycles. The molecule has 28 heavy (non-hydrogen) atoms. The minimum atomic E-state index is 0.182. The first-order valence-corrected chi connectivity index (χ1v) is 9.46. The fourth-order valence-electron chi connectivity index (χ4n) is 3.62. The Kier molecular flexibility index (Phi) is 5.12. The Balaban J connectivity index is 0.000000177. The highest BCUT2D eigenvalue weighted by Crippen LogP contribution is 2.45. The van der Waals surface area contributed by atoms with Gasteiger partial charge < -0.3 is 15.4 Å². The number of aryl methyl sites for hydroxylation is 1. The summed E-state index contributed by atoms with van der Waals surface area (Å²) < 4.78 is 5.92. The van der Waals surface area contributed by atoms with E-state index in [1.54, 1.807) is 0 Å².